The Balaban J connectivity index is 1.30. The first-order chi connectivity index (χ1) is 21.0. The second-order valence-corrected chi connectivity index (χ2v) is 11.4. The molecule has 6 rings (SSSR count). The number of rotatable bonds is 14. The molecule has 2 aromatic carbocycles. The summed E-state index contributed by atoms with van der Waals surface area (Å²) in [5.74, 6) is 2.63. The van der Waals surface area contributed by atoms with Gasteiger partial charge in [0.2, 0.25) is 0 Å². The van der Waals surface area contributed by atoms with E-state index in [9.17, 15) is 10.2 Å². The molecule has 224 valence electrons. The Morgan fingerprint density at radius 1 is 0.628 bits per heavy atom. The van der Waals surface area contributed by atoms with E-state index >= 15 is 0 Å². The van der Waals surface area contributed by atoms with Crippen LogP contribution in [0.15, 0.2) is 61.2 Å². The molecule has 9 heteroatoms. The SMILES string of the molecule is CCCC[C@@H]1O[C@H]1Cc1cc(-c2ncc(O)cn2)ccc1Oc1ccc(-c2ncc(O)cn2)cc1C[C@@H]1O[C@H]1CCCC. The van der Waals surface area contributed by atoms with Crippen LogP contribution in [0.3, 0.4) is 0 Å². The number of aromatic hydroxyl groups is 2. The van der Waals surface area contributed by atoms with Crippen molar-refractivity contribution >= 4 is 0 Å². The third-order valence-corrected chi connectivity index (χ3v) is 8.04. The van der Waals surface area contributed by atoms with E-state index < -0.39 is 0 Å². The second-order valence-electron chi connectivity index (χ2n) is 11.4. The number of aromatic nitrogens is 4. The summed E-state index contributed by atoms with van der Waals surface area (Å²) >= 11 is 0. The average molecular weight is 583 g/mol. The lowest BCUT2D eigenvalue weighted by Gasteiger charge is -2.16. The molecule has 4 atom stereocenters. The van der Waals surface area contributed by atoms with E-state index in [1.807, 2.05) is 24.3 Å². The van der Waals surface area contributed by atoms with Gasteiger partial charge >= 0.3 is 0 Å². The number of epoxide rings is 2. The quantitative estimate of drug-likeness (QED) is 0.154. The van der Waals surface area contributed by atoms with Crippen LogP contribution in [0.2, 0.25) is 0 Å². The molecule has 2 N–H and O–H groups in total. The fourth-order valence-electron chi connectivity index (χ4n) is 5.48. The minimum absolute atomic E-state index is 0.0272. The first-order valence-corrected chi connectivity index (χ1v) is 15.3. The van der Waals surface area contributed by atoms with Crippen molar-refractivity contribution in [3.8, 4) is 45.8 Å². The number of ether oxygens (including phenoxy) is 3. The maximum atomic E-state index is 9.66. The minimum Gasteiger partial charge on any atom is -0.505 e. The molecule has 0 amide bonds. The van der Waals surface area contributed by atoms with Crippen LogP contribution in [-0.4, -0.2) is 54.6 Å². The van der Waals surface area contributed by atoms with Gasteiger partial charge in [0.15, 0.2) is 23.1 Å². The predicted molar refractivity (Wildman–Crippen MR) is 162 cm³/mol. The zero-order valence-corrected chi connectivity index (χ0v) is 24.6. The van der Waals surface area contributed by atoms with Crippen LogP contribution < -0.4 is 4.74 Å². The molecule has 0 aliphatic carbocycles. The summed E-state index contributed by atoms with van der Waals surface area (Å²) in [7, 11) is 0. The molecule has 0 spiro atoms. The highest BCUT2D eigenvalue weighted by Gasteiger charge is 2.39. The van der Waals surface area contributed by atoms with Gasteiger partial charge in [-0.25, -0.2) is 19.9 Å². The highest BCUT2D eigenvalue weighted by Crippen LogP contribution is 2.39. The molecular weight excluding hydrogens is 544 g/mol. The third kappa shape index (κ3) is 7.29. The lowest BCUT2D eigenvalue weighted by molar-refractivity contribution is 0.356. The minimum atomic E-state index is 0.0272. The van der Waals surface area contributed by atoms with E-state index in [0.717, 1.165) is 85.1 Å². The molecule has 0 saturated carbocycles. The van der Waals surface area contributed by atoms with Crippen LogP contribution in [0.4, 0.5) is 0 Å². The smallest absolute Gasteiger partial charge is 0.159 e. The van der Waals surface area contributed by atoms with Crippen LogP contribution in [0, 0.1) is 0 Å². The Hall–Kier alpha value is -4.08. The van der Waals surface area contributed by atoms with Crippen molar-refractivity contribution in [1.29, 1.82) is 0 Å². The Labute approximate surface area is 252 Å². The van der Waals surface area contributed by atoms with Gasteiger partial charge < -0.3 is 24.4 Å². The Kier molecular flexibility index (Phi) is 8.81. The van der Waals surface area contributed by atoms with Gasteiger partial charge in [0.25, 0.3) is 0 Å². The van der Waals surface area contributed by atoms with Crippen LogP contribution >= 0.6 is 0 Å². The number of hydrogen-bond acceptors (Lipinski definition) is 9. The van der Waals surface area contributed by atoms with E-state index in [-0.39, 0.29) is 35.9 Å². The lowest BCUT2D eigenvalue weighted by Crippen LogP contribution is -2.04. The van der Waals surface area contributed by atoms with Crippen molar-refractivity contribution in [2.75, 3.05) is 0 Å². The monoisotopic (exact) mass is 582 g/mol. The molecule has 2 aromatic heterocycles. The first kappa shape index (κ1) is 29.0. The summed E-state index contributed by atoms with van der Waals surface area (Å²) in [4.78, 5) is 17.2. The van der Waals surface area contributed by atoms with Gasteiger partial charge in [0.05, 0.1) is 49.2 Å². The molecule has 2 aliphatic heterocycles. The van der Waals surface area contributed by atoms with Gasteiger partial charge in [-0.15, -0.1) is 0 Å². The average Bonchev–Trinajstić information content (AvgIpc) is 3.95. The second kappa shape index (κ2) is 13.1. The summed E-state index contributed by atoms with van der Waals surface area (Å²) in [6, 6.07) is 11.9. The van der Waals surface area contributed by atoms with Crippen LogP contribution in [-0.2, 0) is 22.3 Å². The zero-order valence-electron chi connectivity index (χ0n) is 24.6. The van der Waals surface area contributed by atoms with Crippen molar-refractivity contribution < 1.29 is 24.4 Å². The van der Waals surface area contributed by atoms with Crippen molar-refractivity contribution in [3.05, 3.63) is 72.3 Å². The Morgan fingerprint density at radius 3 is 1.44 bits per heavy atom. The van der Waals surface area contributed by atoms with E-state index in [0.29, 0.717) is 11.6 Å². The van der Waals surface area contributed by atoms with E-state index in [1.54, 1.807) is 0 Å². The van der Waals surface area contributed by atoms with Gasteiger partial charge in [0.1, 0.15) is 11.5 Å². The van der Waals surface area contributed by atoms with Gasteiger partial charge in [-0.05, 0) is 60.4 Å². The van der Waals surface area contributed by atoms with Gasteiger partial charge in [-0.3, -0.25) is 0 Å². The van der Waals surface area contributed by atoms with Gasteiger partial charge in [-0.1, -0.05) is 39.5 Å². The van der Waals surface area contributed by atoms with Crippen molar-refractivity contribution in [2.24, 2.45) is 0 Å². The molecule has 2 aliphatic rings. The third-order valence-electron chi connectivity index (χ3n) is 8.04. The molecule has 0 radical (unpaired) electrons. The van der Waals surface area contributed by atoms with E-state index in [4.69, 9.17) is 14.2 Å². The van der Waals surface area contributed by atoms with E-state index in [2.05, 4.69) is 45.9 Å². The maximum absolute atomic E-state index is 9.66. The highest BCUT2D eigenvalue weighted by atomic mass is 16.6. The topological polar surface area (TPSA) is 126 Å². The van der Waals surface area contributed by atoms with Crippen molar-refractivity contribution in [2.45, 2.75) is 89.6 Å². The summed E-state index contributed by atoms with van der Waals surface area (Å²) in [6.07, 6.45) is 14.6. The zero-order chi connectivity index (χ0) is 29.8. The summed E-state index contributed by atoms with van der Waals surface area (Å²) in [6.45, 7) is 4.39. The number of benzene rings is 2. The number of hydrogen-bond donors (Lipinski definition) is 2. The molecule has 2 fully saturated rings. The molecule has 2 saturated heterocycles. The first-order valence-electron chi connectivity index (χ1n) is 15.3. The van der Waals surface area contributed by atoms with Crippen molar-refractivity contribution in [1.82, 2.24) is 19.9 Å². The molecule has 4 heterocycles. The molecule has 9 nitrogen and oxygen atoms in total. The van der Waals surface area contributed by atoms with Crippen LogP contribution in [0.5, 0.6) is 23.0 Å². The highest BCUT2D eigenvalue weighted by molar-refractivity contribution is 5.62. The van der Waals surface area contributed by atoms with Crippen molar-refractivity contribution in [3.63, 3.8) is 0 Å². The number of unbranched alkanes of at least 4 members (excludes halogenated alkanes) is 2. The Morgan fingerprint density at radius 2 is 1.05 bits per heavy atom. The largest absolute Gasteiger partial charge is 0.505 e. The summed E-state index contributed by atoms with van der Waals surface area (Å²) < 4.78 is 18.7. The normalized spacial score (nSPS) is 20.6. The molecular formula is C34H38N4O5. The molecule has 4 aromatic rings. The molecule has 43 heavy (non-hydrogen) atoms. The van der Waals surface area contributed by atoms with Crippen LogP contribution in [0.1, 0.15) is 63.5 Å². The standard InChI is InChI=1S/C34H38N4O5/c1-3-5-7-29-31(42-29)15-23-13-21(33-35-17-25(39)18-36-33)9-11-27(23)41-28-12-10-22(34-37-19-26(40)20-38-34)14-24(28)16-32-30(43-32)8-6-4-2/h9-14,17-20,29-32,39-40H,3-8,15-16H2,1-2H3/t29-,30-,31-,32-/m0/s1. The lowest BCUT2D eigenvalue weighted by atomic mass is 10.0. The molecule has 0 unspecified atom stereocenters. The summed E-state index contributed by atoms with van der Waals surface area (Å²) in [5, 5.41) is 19.3. The van der Waals surface area contributed by atoms with Crippen LogP contribution in [0.25, 0.3) is 22.8 Å². The van der Waals surface area contributed by atoms with Gasteiger partial charge in [-0.2, -0.15) is 0 Å². The maximum Gasteiger partial charge on any atom is 0.159 e. The molecule has 0 bridgehead atoms. The van der Waals surface area contributed by atoms with Gasteiger partial charge in [0, 0.05) is 24.0 Å². The van der Waals surface area contributed by atoms with E-state index in [1.165, 1.54) is 24.8 Å². The Bertz CT molecular complexity index is 1410. The fraction of sp³-hybridized carbons (Fsp3) is 0.412. The fourth-order valence-corrected chi connectivity index (χ4v) is 5.48. The number of nitrogens with zero attached hydrogens (tertiary/aromatic N) is 4. The predicted octanol–water partition coefficient (Wildman–Crippen LogP) is 6.80. The summed E-state index contributed by atoms with van der Waals surface area (Å²) in [5.41, 5.74) is 3.72.